The second kappa shape index (κ2) is 5.00. The molecule has 2 amide bonds. The summed E-state index contributed by atoms with van der Waals surface area (Å²) in [5.74, 6) is 0.206. The average molecular weight is 252 g/mol. The first-order valence-electron chi connectivity index (χ1n) is 6.97. The van der Waals surface area contributed by atoms with Gasteiger partial charge in [0.15, 0.2) is 0 Å². The van der Waals surface area contributed by atoms with Crippen LogP contribution in [-0.2, 0) is 9.59 Å². The van der Waals surface area contributed by atoms with Crippen LogP contribution in [0.3, 0.4) is 0 Å². The third kappa shape index (κ3) is 2.74. The number of imide groups is 1. The van der Waals surface area contributed by atoms with Crippen LogP contribution in [0.15, 0.2) is 0 Å². The molecule has 0 aromatic carbocycles. The van der Waals surface area contributed by atoms with Crippen molar-refractivity contribution < 1.29 is 9.59 Å². The first kappa shape index (κ1) is 13.5. The van der Waals surface area contributed by atoms with Gasteiger partial charge in [-0.25, -0.2) is 0 Å². The van der Waals surface area contributed by atoms with Gasteiger partial charge in [0.2, 0.25) is 11.8 Å². The fourth-order valence-electron chi connectivity index (χ4n) is 3.00. The van der Waals surface area contributed by atoms with Crippen LogP contribution in [0, 0.1) is 11.3 Å². The molecule has 2 aliphatic rings. The quantitative estimate of drug-likeness (QED) is 0.759. The van der Waals surface area contributed by atoms with Gasteiger partial charge < -0.3 is 5.32 Å². The Morgan fingerprint density at radius 1 is 1.28 bits per heavy atom. The molecule has 102 valence electrons. The molecule has 4 heteroatoms. The molecule has 0 bridgehead atoms. The highest BCUT2D eigenvalue weighted by Crippen LogP contribution is 2.31. The van der Waals surface area contributed by atoms with Crippen LogP contribution in [0.1, 0.15) is 46.5 Å². The number of carbonyl (C=O) groups is 2. The molecule has 1 unspecified atom stereocenters. The number of hydrogen-bond acceptors (Lipinski definition) is 3. The SMILES string of the molecule is CC1CC(=O)N(CC2NCCCC2(C)C)C(=O)C1. The maximum atomic E-state index is 12.0. The van der Waals surface area contributed by atoms with Crippen molar-refractivity contribution in [2.75, 3.05) is 13.1 Å². The lowest BCUT2D eigenvalue weighted by Crippen LogP contribution is -2.56. The van der Waals surface area contributed by atoms with Crippen molar-refractivity contribution in [3.63, 3.8) is 0 Å². The van der Waals surface area contributed by atoms with Crippen LogP contribution >= 0.6 is 0 Å². The highest BCUT2D eigenvalue weighted by Gasteiger charge is 2.37. The molecule has 0 spiro atoms. The standard InChI is InChI=1S/C14H24N2O2/c1-10-7-12(17)16(13(18)8-10)9-11-14(2,3)5-4-6-15-11/h10-11,15H,4-9H2,1-3H3. The minimum Gasteiger partial charge on any atom is -0.312 e. The summed E-state index contributed by atoms with van der Waals surface area (Å²) >= 11 is 0. The molecule has 1 N–H and O–H groups in total. The minimum absolute atomic E-state index is 0.00178. The molecular weight excluding hydrogens is 228 g/mol. The average Bonchev–Trinajstić information content (AvgIpc) is 2.24. The summed E-state index contributed by atoms with van der Waals surface area (Å²) in [4.78, 5) is 25.4. The van der Waals surface area contributed by atoms with Gasteiger partial charge in [0.1, 0.15) is 0 Å². The third-order valence-corrected chi connectivity index (χ3v) is 4.35. The molecule has 2 fully saturated rings. The second-order valence-electron chi connectivity index (χ2n) is 6.51. The largest absolute Gasteiger partial charge is 0.312 e. The van der Waals surface area contributed by atoms with Crippen molar-refractivity contribution in [3.05, 3.63) is 0 Å². The van der Waals surface area contributed by atoms with Gasteiger partial charge in [-0.2, -0.15) is 0 Å². The maximum Gasteiger partial charge on any atom is 0.229 e. The molecule has 2 heterocycles. The van der Waals surface area contributed by atoms with Gasteiger partial charge in [0.25, 0.3) is 0 Å². The van der Waals surface area contributed by atoms with Crippen molar-refractivity contribution in [2.24, 2.45) is 11.3 Å². The summed E-state index contributed by atoms with van der Waals surface area (Å²) in [6, 6.07) is 0.229. The minimum atomic E-state index is 0.00178. The van der Waals surface area contributed by atoms with E-state index >= 15 is 0 Å². The molecule has 2 rings (SSSR count). The van der Waals surface area contributed by atoms with Crippen molar-refractivity contribution in [1.82, 2.24) is 10.2 Å². The normalized spacial score (nSPS) is 29.7. The van der Waals surface area contributed by atoms with Crippen LogP contribution in [0.2, 0.25) is 0 Å². The van der Waals surface area contributed by atoms with E-state index in [1.807, 2.05) is 6.92 Å². The van der Waals surface area contributed by atoms with Crippen molar-refractivity contribution in [3.8, 4) is 0 Å². The molecule has 0 aromatic heterocycles. The molecule has 0 radical (unpaired) electrons. The zero-order chi connectivity index (χ0) is 13.3. The molecule has 0 aromatic rings. The van der Waals surface area contributed by atoms with Crippen molar-refractivity contribution >= 4 is 11.8 Å². The van der Waals surface area contributed by atoms with Gasteiger partial charge >= 0.3 is 0 Å². The maximum absolute atomic E-state index is 12.0. The van der Waals surface area contributed by atoms with Crippen LogP contribution < -0.4 is 5.32 Å². The number of rotatable bonds is 2. The molecule has 0 aliphatic carbocycles. The summed E-state index contributed by atoms with van der Waals surface area (Å²) in [6.07, 6.45) is 3.34. The van der Waals surface area contributed by atoms with Gasteiger partial charge in [-0.3, -0.25) is 14.5 Å². The molecular formula is C14H24N2O2. The highest BCUT2D eigenvalue weighted by atomic mass is 16.2. The van der Waals surface area contributed by atoms with Gasteiger partial charge in [0.05, 0.1) is 0 Å². The Morgan fingerprint density at radius 3 is 2.44 bits per heavy atom. The summed E-state index contributed by atoms with van der Waals surface area (Å²) < 4.78 is 0. The third-order valence-electron chi connectivity index (χ3n) is 4.35. The molecule has 4 nitrogen and oxygen atoms in total. The molecule has 2 saturated heterocycles. The zero-order valence-corrected chi connectivity index (χ0v) is 11.7. The summed E-state index contributed by atoms with van der Waals surface area (Å²) in [5.41, 5.74) is 0.155. The van der Waals surface area contributed by atoms with Crippen LogP contribution in [-0.4, -0.2) is 35.8 Å². The van der Waals surface area contributed by atoms with Crippen LogP contribution in [0.4, 0.5) is 0 Å². The zero-order valence-electron chi connectivity index (χ0n) is 11.7. The summed E-state index contributed by atoms with van der Waals surface area (Å²) in [5, 5.41) is 3.46. The molecule has 0 saturated carbocycles. The Hall–Kier alpha value is -0.900. The Morgan fingerprint density at radius 2 is 1.89 bits per heavy atom. The topological polar surface area (TPSA) is 49.4 Å². The number of nitrogens with one attached hydrogen (secondary N) is 1. The van der Waals surface area contributed by atoms with E-state index in [0.717, 1.165) is 13.0 Å². The Balaban J connectivity index is 2.04. The first-order chi connectivity index (χ1) is 8.40. The van der Waals surface area contributed by atoms with E-state index in [1.165, 1.54) is 11.3 Å². The lowest BCUT2D eigenvalue weighted by molar-refractivity contribution is -0.150. The van der Waals surface area contributed by atoms with E-state index in [4.69, 9.17) is 0 Å². The second-order valence-corrected chi connectivity index (χ2v) is 6.51. The fraction of sp³-hybridized carbons (Fsp3) is 0.857. The van der Waals surface area contributed by atoms with E-state index in [0.29, 0.717) is 19.4 Å². The van der Waals surface area contributed by atoms with Gasteiger partial charge in [-0.15, -0.1) is 0 Å². The number of piperidine rings is 2. The molecule has 18 heavy (non-hydrogen) atoms. The molecule has 1 atom stereocenters. The van der Waals surface area contributed by atoms with Crippen molar-refractivity contribution in [2.45, 2.75) is 52.5 Å². The fourth-order valence-corrected chi connectivity index (χ4v) is 3.00. The Kier molecular flexibility index (Phi) is 3.76. The van der Waals surface area contributed by atoms with Crippen molar-refractivity contribution in [1.29, 1.82) is 0 Å². The van der Waals surface area contributed by atoms with E-state index in [-0.39, 0.29) is 29.2 Å². The predicted octanol–water partition coefficient (Wildman–Crippen LogP) is 1.55. The number of likely N-dealkylation sites (tertiary alicyclic amines) is 1. The Bertz CT molecular complexity index is 334. The van der Waals surface area contributed by atoms with E-state index in [1.54, 1.807) is 0 Å². The Labute approximate surface area is 109 Å². The predicted molar refractivity (Wildman–Crippen MR) is 69.9 cm³/mol. The van der Waals surface area contributed by atoms with Gasteiger partial charge in [0, 0.05) is 25.4 Å². The summed E-state index contributed by atoms with van der Waals surface area (Å²) in [6.45, 7) is 7.92. The molecule has 2 aliphatic heterocycles. The number of hydrogen-bond donors (Lipinski definition) is 1. The lowest BCUT2D eigenvalue weighted by Gasteiger charge is -2.42. The van der Waals surface area contributed by atoms with Gasteiger partial charge in [-0.1, -0.05) is 20.8 Å². The van der Waals surface area contributed by atoms with Gasteiger partial charge in [-0.05, 0) is 30.7 Å². The lowest BCUT2D eigenvalue weighted by atomic mass is 9.77. The summed E-state index contributed by atoms with van der Waals surface area (Å²) in [7, 11) is 0. The monoisotopic (exact) mass is 252 g/mol. The number of amides is 2. The number of nitrogens with zero attached hydrogens (tertiary/aromatic N) is 1. The highest BCUT2D eigenvalue weighted by molar-refractivity contribution is 5.97. The van der Waals surface area contributed by atoms with E-state index in [9.17, 15) is 9.59 Å². The van der Waals surface area contributed by atoms with Crippen LogP contribution in [0.25, 0.3) is 0 Å². The first-order valence-corrected chi connectivity index (χ1v) is 6.97. The van der Waals surface area contributed by atoms with Crippen LogP contribution in [0.5, 0.6) is 0 Å². The van der Waals surface area contributed by atoms with E-state index < -0.39 is 0 Å². The van der Waals surface area contributed by atoms with E-state index in [2.05, 4.69) is 19.2 Å². The number of carbonyl (C=O) groups excluding carboxylic acids is 2. The smallest absolute Gasteiger partial charge is 0.229 e.